The zero-order valence-corrected chi connectivity index (χ0v) is 13.8. The summed E-state index contributed by atoms with van der Waals surface area (Å²) in [5.74, 6) is 1.49. The van der Waals surface area contributed by atoms with Gasteiger partial charge in [0.1, 0.15) is 5.75 Å². The summed E-state index contributed by atoms with van der Waals surface area (Å²) in [6.07, 6.45) is 0. The molecule has 21 heavy (non-hydrogen) atoms. The number of benzene rings is 1. The lowest BCUT2D eigenvalue weighted by atomic mass is 10.2. The monoisotopic (exact) mass is 313 g/mol. The van der Waals surface area contributed by atoms with Crippen molar-refractivity contribution in [1.29, 1.82) is 0 Å². The molecule has 0 radical (unpaired) electrons. The van der Waals surface area contributed by atoms with Crippen molar-refractivity contribution >= 4 is 17.6 Å². The van der Waals surface area contributed by atoms with Crippen LogP contribution in [0.25, 0.3) is 0 Å². The number of rotatable bonds is 7. The smallest absolute Gasteiger partial charge is 0.191 e. The summed E-state index contributed by atoms with van der Waals surface area (Å²) in [4.78, 5) is 4.56. The Morgan fingerprint density at radius 2 is 2.14 bits per heavy atom. The predicted octanol–water partition coefficient (Wildman–Crippen LogP) is 2.44. The molecule has 1 rings (SSSR count). The molecule has 0 fully saturated rings. The molecule has 118 valence electrons. The molecule has 0 spiro atoms. The predicted molar refractivity (Wildman–Crippen MR) is 87.3 cm³/mol. The molecule has 1 unspecified atom stereocenters. The SMILES string of the molecule is CCNC(=NCc1ccc(Cl)cc1OC)NC(C)COC. The molecule has 6 heteroatoms. The van der Waals surface area contributed by atoms with E-state index in [9.17, 15) is 0 Å². The Balaban J connectivity index is 2.77. The highest BCUT2D eigenvalue weighted by Gasteiger charge is 2.06. The molecule has 5 nitrogen and oxygen atoms in total. The standard InChI is InChI=1S/C15H24ClN3O2/c1-5-17-15(19-11(2)10-20-3)18-9-12-6-7-13(16)8-14(12)21-4/h6-8,11H,5,9-10H2,1-4H3,(H2,17,18,19). The Kier molecular flexibility index (Phi) is 7.93. The van der Waals surface area contributed by atoms with Gasteiger partial charge in [0.05, 0.1) is 20.3 Å². The third-order valence-electron chi connectivity index (χ3n) is 2.80. The second-order valence-electron chi connectivity index (χ2n) is 4.65. The molecule has 1 atom stereocenters. The van der Waals surface area contributed by atoms with E-state index in [2.05, 4.69) is 15.6 Å². The Labute approximate surface area is 131 Å². The Bertz CT molecular complexity index is 466. The van der Waals surface area contributed by atoms with Crippen LogP contribution in [0.2, 0.25) is 5.02 Å². The molecular formula is C15H24ClN3O2. The average molecular weight is 314 g/mol. The number of nitrogens with zero attached hydrogens (tertiary/aromatic N) is 1. The van der Waals surface area contributed by atoms with Crippen LogP contribution in [0.3, 0.4) is 0 Å². The maximum atomic E-state index is 5.96. The first-order valence-electron chi connectivity index (χ1n) is 6.96. The van der Waals surface area contributed by atoms with Gasteiger partial charge < -0.3 is 20.1 Å². The van der Waals surface area contributed by atoms with Gasteiger partial charge in [-0.2, -0.15) is 0 Å². The highest BCUT2D eigenvalue weighted by Crippen LogP contribution is 2.23. The van der Waals surface area contributed by atoms with Gasteiger partial charge in [0.15, 0.2) is 5.96 Å². The van der Waals surface area contributed by atoms with Gasteiger partial charge in [-0.15, -0.1) is 0 Å². The van der Waals surface area contributed by atoms with Crippen LogP contribution in [-0.4, -0.2) is 39.4 Å². The van der Waals surface area contributed by atoms with E-state index in [0.29, 0.717) is 18.2 Å². The molecule has 0 aliphatic heterocycles. The quantitative estimate of drug-likeness (QED) is 0.600. The fourth-order valence-electron chi connectivity index (χ4n) is 1.86. The molecule has 2 N–H and O–H groups in total. The van der Waals surface area contributed by atoms with E-state index in [1.165, 1.54) is 0 Å². The van der Waals surface area contributed by atoms with Gasteiger partial charge in [0.25, 0.3) is 0 Å². The van der Waals surface area contributed by atoms with E-state index >= 15 is 0 Å². The number of methoxy groups -OCH3 is 2. The fourth-order valence-corrected chi connectivity index (χ4v) is 2.02. The van der Waals surface area contributed by atoms with Crippen molar-refractivity contribution in [3.8, 4) is 5.75 Å². The van der Waals surface area contributed by atoms with E-state index in [-0.39, 0.29) is 6.04 Å². The summed E-state index contributed by atoms with van der Waals surface area (Å²) in [6.45, 7) is 5.99. The topological polar surface area (TPSA) is 54.9 Å². The first-order valence-corrected chi connectivity index (χ1v) is 7.34. The van der Waals surface area contributed by atoms with E-state index < -0.39 is 0 Å². The second kappa shape index (κ2) is 9.47. The minimum Gasteiger partial charge on any atom is -0.496 e. The zero-order chi connectivity index (χ0) is 15.7. The summed E-state index contributed by atoms with van der Waals surface area (Å²) in [5, 5.41) is 7.14. The number of hydrogen-bond donors (Lipinski definition) is 2. The Hall–Kier alpha value is -1.46. The van der Waals surface area contributed by atoms with E-state index in [4.69, 9.17) is 21.1 Å². The summed E-state index contributed by atoms with van der Waals surface area (Å²) in [5.41, 5.74) is 0.985. The first kappa shape index (κ1) is 17.6. The van der Waals surface area contributed by atoms with Gasteiger partial charge in [-0.1, -0.05) is 17.7 Å². The Morgan fingerprint density at radius 3 is 2.76 bits per heavy atom. The van der Waals surface area contributed by atoms with Crippen molar-refractivity contribution in [2.24, 2.45) is 4.99 Å². The number of ether oxygens (including phenoxy) is 2. The van der Waals surface area contributed by atoms with Gasteiger partial charge in [-0.25, -0.2) is 4.99 Å². The van der Waals surface area contributed by atoms with Crippen molar-refractivity contribution in [3.05, 3.63) is 28.8 Å². The van der Waals surface area contributed by atoms with Crippen LogP contribution in [0.4, 0.5) is 0 Å². The molecule has 0 aliphatic rings. The van der Waals surface area contributed by atoms with Crippen LogP contribution >= 0.6 is 11.6 Å². The van der Waals surface area contributed by atoms with Crippen molar-refractivity contribution in [3.63, 3.8) is 0 Å². The second-order valence-corrected chi connectivity index (χ2v) is 5.09. The number of aliphatic imine (C=N–C) groups is 1. The highest BCUT2D eigenvalue weighted by atomic mass is 35.5. The van der Waals surface area contributed by atoms with Crippen LogP contribution in [0, 0.1) is 0 Å². The Morgan fingerprint density at radius 1 is 1.38 bits per heavy atom. The summed E-state index contributed by atoms with van der Waals surface area (Å²) in [6, 6.07) is 5.73. The van der Waals surface area contributed by atoms with Gasteiger partial charge in [-0.3, -0.25) is 0 Å². The van der Waals surface area contributed by atoms with Gasteiger partial charge in [0, 0.05) is 30.3 Å². The summed E-state index contributed by atoms with van der Waals surface area (Å²) in [7, 11) is 3.31. The molecule has 0 saturated heterocycles. The number of guanidine groups is 1. The van der Waals surface area contributed by atoms with Crippen LogP contribution in [0.1, 0.15) is 19.4 Å². The number of halogens is 1. The molecule has 1 aromatic rings. The largest absolute Gasteiger partial charge is 0.496 e. The summed E-state index contributed by atoms with van der Waals surface area (Å²) >= 11 is 5.96. The lowest BCUT2D eigenvalue weighted by molar-refractivity contribution is 0.179. The molecule has 0 saturated carbocycles. The molecule has 0 heterocycles. The highest BCUT2D eigenvalue weighted by molar-refractivity contribution is 6.30. The molecular weight excluding hydrogens is 290 g/mol. The molecule has 0 aromatic heterocycles. The minimum absolute atomic E-state index is 0.180. The van der Waals surface area contributed by atoms with E-state index in [0.717, 1.165) is 23.8 Å². The molecule has 1 aromatic carbocycles. The van der Waals surface area contributed by atoms with Gasteiger partial charge >= 0.3 is 0 Å². The number of nitrogens with one attached hydrogen (secondary N) is 2. The van der Waals surface area contributed by atoms with Gasteiger partial charge in [0.2, 0.25) is 0 Å². The van der Waals surface area contributed by atoms with Crippen LogP contribution < -0.4 is 15.4 Å². The van der Waals surface area contributed by atoms with E-state index in [1.807, 2.05) is 26.0 Å². The average Bonchev–Trinajstić information content (AvgIpc) is 2.46. The first-order chi connectivity index (χ1) is 10.1. The summed E-state index contributed by atoms with van der Waals surface area (Å²) < 4.78 is 10.4. The molecule has 0 aliphatic carbocycles. The van der Waals surface area contributed by atoms with Crippen LogP contribution in [0.5, 0.6) is 5.75 Å². The van der Waals surface area contributed by atoms with Crippen molar-refractivity contribution in [2.75, 3.05) is 27.4 Å². The van der Waals surface area contributed by atoms with Gasteiger partial charge in [-0.05, 0) is 26.0 Å². The third kappa shape index (κ3) is 6.23. The van der Waals surface area contributed by atoms with Crippen molar-refractivity contribution in [1.82, 2.24) is 10.6 Å². The number of hydrogen-bond acceptors (Lipinski definition) is 3. The van der Waals surface area contributed by atoms with Crippen molar-refractivity contribution in [2.45, 2.75) is 26.4 Å². The molecule has 0 bridgehead atoms. The van der Waals surface area contributed by atoms with Crippen LogP contribution in [0.15, 0.2) is 23.2 Å². The molecule has 0 amide bonds. The maximum absolute atomic E-state index is 5.96. The zero-order valence-electron chi connectivity index (χ0n) is 13.1. The van der Waals surface area contributed by atoms with Crippen LogP contribution in [-0.2, 0) is 11.3 Å². The lowest BCUT2D eigenvalue weighted by Gasteiger charge is -2.17. The van der Waals surface area contributed by atoms with Crippen molar-refractivity contribution < 1.29 is 9.47 Å². The van der Waals surface area contributed by atoms with E-state index in [1.54, 1.807) is 20.3 Å². The fraction of sp³-hybridized carbons (Fsp3) is 0.533. The minimum atomic E-state index is 0.180. The lowest BCUT2D eigenvalue weighted by Crippen LogP contribution is -2.43. The maximum Gasteiger partial charge on any atom is 0.191 e. The normalized spacial score (nSPS) is 12.9. The third-order valence-corrected chi connectivity index (χ3v) is 3.04.